The van der Waals surface area contributed by atoms with Gasteiger partial charge in [-0.15, -0.1) is 0 Å². The summed E-state index contributed by atoms with van der Waals surface area (Å²) in [6.45, 7) is 1.06. The van der Waals surface area contributed by atoms with Crippen molar-refractivity contribution in [1.29, 1.82) is 0 Å². The monoisotopic (exact) mass is 442 g/mol. The molecule has 1 unspecified atom stereocenters. The molecule has 0 spiro atoms. The molecule has 1 N–H and O–H groups in total. The number of carbonyl (C=O) groups excluding carboxylic acids is 3. The molecule has 1 saturated heterocycles. The minimum atomic E-state index is -1.29. The smallest absolute Gasteiger partial charge is 0.331 e. The van der Waals surface area contributed by atoms with Crippen molar-refractivity contribution < 1.29 is 19.1 Å². The van der Waals surface area contributed by atoms with Gasteiger partial charge in [0.25, 0.3) is 5.91 Å². The van der Waals surface area contributed by atoms with E-state index >= 15 is 0 Å². The number of fused-ring (bicyclic) bond motifs is 1. The van der Waals surface area contributed by atoms with E-state index in [1.807, 2.05) is 36.4 Å². The van der Waals surface area contributed by atoms with Crippen LogP contribution in [0, 0.1) is 0 Å². The summed E-state index contributed by atoms with van der Waals surface area (Å²) in [4.78, 5) is 38.7. The summed E-state index contributed by atoms with van der Waals surface area (Å²) in [5.41, 5.74) is -0.671. The lowest BCUT2D eigenvalue weighted by Crippen LogP contribution is -2.42. The molecule has 30 heavy (non-hydrogen) atoms. The molecule has 0 aromatic heterocycles. The largest absolute Gasteiger partial charge is 0.424 e. The van der Waals surface area contributed by atoms with Crippen LogP contribution in [0.15, 0.2) is 60.7 Å². The lowest BCUT2D eigenvalue weighted by atomic mass is 9.90. The first-order valence-corrected chi connectivity index (χ1v) is 9.82. The second-order valence-electron chi connectivity index (χ2n) is 7.06. The second-order valence-corrected chi connectivity index (χ2v) is 7.90. The fourth-order valence-corrected chi connectivity index (χ4v) is 3.83. The van der Waals surface area contributed by atoms with Crippen molar-refractivity contribution >= 4 is 51.9 Å². The molecule has 4 rings (SSSR count). The van der Waals surface area contributed by atoms with Crippen LogP contribution in [-0.4, -0.2) is 29.4 Å². The summed E-state index contributed by atoms with van der Waals surface area (Å²) < 4.78 is 5.19. The molecule has 0 radical (unpaired) electrons. The first-order valence-electron chi connectivity index (χ1n) is 9.07. The first kappa shape index (κ1) is 20.2. The Bertz CT molecular complexity index is 1200. The van der Waals surface area contributed by atoms with E-state index in [0.29, 0.717) is 10.6 Å². The number of hydrogen-bond donors (Lipinski definition) is 1. The van der Waals surface area contributed by atoms with Crippen LogP contribution in [0.3, 0.4) is 0 Å². The van der Waals surface area contributed by atoms with Crippen molar-refractivity contribution in [1.82, 2.24) is 10.2 Å². The molecule has 3 aromatic carbocycles. The molecule has 3 aromatic rings. The van der Waals surface area contributed by atoms with Gasteiger partial charge in [-0.2, -0.15) is 0 Å². The number of hydrogen-bond acceptors (Lipinski definition) is 4. The zero-order valence-electron chi connectivity index (χ0n) is 15.8. The van der Waals surface area contributed by atoms with E-state index in [1.54, 1.807) is 13.0 Å². The number of rotatable bonds is 4. The van der Waals surface area contributed by atoms with Crippen molar-refractivity contribution in [2.45, 2.75) is 12.5 Å². The maximum absolute atomic E-state index is 13.1. The summed E-state index contributed by atoms with van der Waals surface area (Å²) in [7, 11) is 0. The number of nitrogens with one attached hydrogen (secondary N) is 1. The van der Waals surface area contributed by atoms with Crippen molar-refractivity contribution in [2.75, 3.05) is 6.54 Å². The predicted molar refractivity (Wildman–Crippen MR) is 114 cm³/mol. The highest BCUT2D eigenvalue weighted by Crippen LogP contribution is 2.31. The molecule has 1 heterocycles. The zero-order valence-corrected chi connectivity index (χ0v) is 17.3. The van der Waals surface area contributed by atoms with Crippen molar-refractivity contribution in [3.8, 4) is 5.75 Å². The number of esters is 1. The SMILES string of the molecule is CC1(c2ccc3ccccc3c2)NC(=O)N(CC(=O)Oc2ccc(Cl)cc2Cl)C1=O. The van der Waals surface area contributed by atoms with Gasteiger partial charge < -0.3 is 10.1 Å². The van der Waals surface area contributed by atoms with Gasteiger partial charge in [0.2, 0.25) is 0 Å². The second kappa shape index (κ2) is 7.63. The van der Waals surface area contributed by atoms with Crippen LogP contribution < -0.4 is 10.1 Å². The summed E-state index contributed by atoms with van der Waals surface area (Å²) in [5.74, 6) is -1.25. The summed E-state index contributed by atoms with van der Waals surface area (Å²) in [6, 6.07) is 16.9. The average Bonchev–Trinajstić information content (AvgIpc) is 2.94. The molecule has 1 aliphatic rings. The minimum Gasteiger partial charge on any atom is -0.424 e. The molecule has 0 saturated carbocycles. The molecule has 3 amide bonds. The van der Waals surface area contributed by atoms with Crippen LogP contribution in [0.4, 0.5) is 4.79 Å². The van der Waals surface area contributed by atoms with E-state index in [4.69, 9.17) is 27.9 Å². The Labute approximate surface area is 182 Å². The Morgan fingerprint density at radius 3 is 2.50 bits per heavy atom. The van der Waals surface area contributed by atoms with E-state index < -0.39 is 30.0 Å². The molecule has 1 atom stereocenters. The van der Waals surface area contributed by atoms with Gasteiger partial charge in [-0.1, -0.05) is 59.6 Å². The Balaban J connectivity index is 1.54. The Morgan fingerprint density at radius 1 is 1.03 bits per heavy atom. The van der Waals surface area contributed by atoms with Gasteiger partial charge >= 0.3 is 12.0 Å². The van der Waals surface area contributed by atoms with E-state index in [9.17, 15) is 14.4 Å². The number of benzene rings is 3. The zero-order chi connectivity index (χ0) is 21.5. The third-order valence-corrected chi connectivity index (χ3v) is 5.54. The van der Waals surface area contributed by atoms with Gasteiger partial charge in [-0.3, -0.25) is 9.69 Å². The number of nitrogens with zero attached hydrogens (tertiary/aromatic N) is 1. The molecular weight excluding hydrogens is 427 g/mol. The van der Waals surface area contributed by atoms with Crippen molar-refractivity contribution in [3.63, 3.8) is 0 Å². The van der Waals surface area contributed by atoms with Gasteiger partial charge in [0.05, 0.1) is 5.02 Å². The van der Waals surface area contributed by atoms with Crippen LogP contribution in [0.25, 0.3) is 10.8 Å². The number of ether oxygens (including phenoxy) is 1. The average molecular weight is 443 g/mol. The van der Waals surface area contributed by atoms with Gasteiger partial charge in [-0.05, 0) is 47.5 Å². The number of urea groups is 1. The molecule has 1 aliphatic heterocycles. The van der Waals surface area contributed by atoms with Gasteiger partial charge in [0, 0.05) is 5.02 Å². The van der Waals surface area contributed by atoms with Gasteiger partial charge in [-0.25, -0.2) is 9.59 Å². The molecule has 0 bridgehead atoms. The van der Waals surface area contributed by atoms with E-state index in [2.05, 4.69) is 5.32 Å². The highest BCUT2D eigenvalue weighted by Gasteiger charge is 2.49. The highest BCUT2D eigenvalue weighted by molar-refractivity contribution is 6.35. The Hall–Kier alpha value is -3.09. The minimum absolute atomic E-state index is 0.0930. The van der Waals surface area contributed by atoms with Gasteiger partial charge in [0.1, 0.15) is 17.8 Å². The molecular formula is C22H16Cl2N2O4. The maximum Gasteiger partial charge on any atom is 0.331 e. The normalized spacial score (nSPS) is 18.6. The van der Waals surface area contributed by atoms with Crippen LogP contribution in [0.1, 0.15) is 12.5 Å². The lowest BCUT2D eigenvalue weighted by molar-refractivity contribution is -0.140. The standard InChI is InChI=1S/C22H16Cl2N2O4/c1-22(15-7-6-13-4-2-3-5-14(13)10-15)20(28)26(21(29)25-22)12-19(27)30-18-9-8-16(23)11-17(18)24/h2-11H,12H2,1H3,(H,25,29). The van der Waals surface area contributed by atoms with Crippen LogP contribution in [0.5, 0.6) is 5.75 Å². The summed E-state index contributed by atoms with van der Waals surface area (Å²) >= 11 is 11.8. The third-order valence-electron chi connectivity index (χ3n) is 5.01. The lowest BCUT2D eigenvalue weighted by Gasteiger charge is -2.22. The fraction of sp³-hybridized carbons (Fsp3) is 0.136. The van der Waals surface area contributed by atoms with Crippen molar-refractivity contribution in [2.24, 2.45) is 0 Å². The summed E-state index contributed by atoms with van der Waals surface area (Å²) in [5, 5.41) is 5.18. The molecule has 152 valence electrons. The van der Waals surface area contributed by atoms with Crippen LogP contribution >= 0.6 is 23.2 Å². The number of amides is 3. The van der Waals surface area contributed by atoms with E-state index in [1.165, 1.54) is 18.2 Å². The summed E-state index contributed by atoms with van der Waals surface area (Å²) in [6.07, 6.45) is 0. The number of halogens is 2. The van der Waals surface area contributed by atoms with E-state index in [-0.39, 0.29) is 10.8 Å². The number of imide groups is 1. The highest BCUT2D eigenvalue weighted by atomic mass is 35.5. The van der Waals surface area contributed by atoms with Gasteiger partial charge in [0.15, 0.2) is 0 Å². The topological polar surface area (TPSA) is 75.7 Å². The quantitative estimate of drug-likeness (QED) is 0.366. The predicted octanol–water partition coefficient (Wildman–Crippen LogP) is 4.52. The number of carbonyl (C=O) groups is 3. The fourth-order valence-electron chi connectivity index (χ4n) is 3.38. The molecule has 8 heteroatoms. The maximum atomic E-state index is 13.1. The van der Waals surface area contributed by atoms with E-state index in [0.717, 1.165) is 15.7 Å². The first-order chi connectivity index (χ1) is 14.3. The Kier molecular flexibility index (Phi) is 5.13. The molecule has 1 fully saturated rings. The van der Waals surface area contributed by atoms with Crippen LogP contribution in [0.2, 0.25) is 10.0 Å². The molecule has 0 aliphatic carbocycles. The van der Waals surface area contributed by atoms with Crippen molar-refractivity contribution in [3.05, 3.63) is 76.3 Å². The Morgan fingerprint density at radius 2 is 1.77 bits per heavy atom. The molecule has 6 nitrogen and oxygen atoms in total. The third kappa shape index (κ3) is 3.60. The van der Waals surface area contributed by atoms with Crippen LogP contribution in [-0.2, 0) is 15.1 Å².